The first-order chi connectivity index (χ1) is 10.3. The number of amides is 1. The van der Waals surface area contributed by atoms with E-state index in [1.54, 1.807) is 0 Å². The maximum absolute atomic E-state index is 12.6. The maximum atomic E-state index is 12.6. The fourth-order valence-electron chi connectivity index (χ4n) is 4.40. The molecule has 0 bridgehead atoms. The van der Waals surface area contributed by atoms with Gasteiger partial charge in [-0.2, -0.15) is 0 Å². The molecule has 2 atom stereocenters. The van der Waals surface area contributed by atoms with Crippen LogP contribution in [-0.2, 0) is 4.79 Å². The summed E-state index contributed by atoms with van der Waals surface area (Å²) in [6, 6.07) is 0.339. The van der Waals surface area contributed by atoms with Crippen molar-refractivity contribution in [3.8, 4) is 0 Å². The monoisotopic (exact) mass is 294 g/mol. The molecule has 2 saturated carbocycles. The standard InChI is InChI=1S/C17H30N2O2/c20-16-9-5-4-8-15(16)18-10-12-19(13-11-18)17(21)14-6-2-1-3-7-14/h14-16,20H,1-13H2. The Labute approximate surface area is 128 Å². The summed E-state index contributed by atoms with van der Waals surface area (Å²) in [6.07, 6.45) is 10.3. The predicted molar refractivity (Wildman–Crippen MR) is 83.0 cm³/mol. The molecule has 4 heteroatoms. The van der Waals surface area contributed by atoms with Crippen LogP contribution < -0.4 is 0 Å². The van der Waals surface area contributed by atoms with E-state index in [0.717, 1.165) is 58.3 Å². The molecule has 4 nitrogen and oxygen atoms in total. The fraction of sp³-hybridized carbons (Fsp3) is 0.941. The molecule has 0 spiro atoms. The summed E-state index contributed by atoms with van der Waals surface area (Å²) in [5.41, 5.74) is 0. The van der Waals surface area contributed by atoms with Crippen molar-refractivity contribution in [3.05, 3.63) is 0 Å². The van der Waals surface area contributed by atoms with Gasteiger partial charge in [-0.15, -0.1) is 0 Å². The largest absolute Gasteiger partial charge is 0.391 e. The second-order valence-corrected chi connectivity index (χ2v) is 7.12. The van der Waals surface area contributed by atoms with Crippen molar-refractivity contribution in [2.45, 2.75) is 69.9 Å². The fourth-order valence-corrected chi connectivity index (χ4v) is 4.40. The molecule has 3 aliphatic rings. The summed E-state index contributed by atoms with van der Waals surface area (Å²) < 4.78 is 0. The summed E-state index contributed by atoms with van der Waals surface area (Å²) >= 11 is 0. The highest BCUT2D eigenvalue weighted by atomic mass is 16.3. The highest BCUT2D eigenvalue weighted by Gasteiger charge is 2.33. The van der Waals surface area contributed by atoms with Gasteiger partial charge in [0.15, 0.2) is 0 Å². The zero-order valence-electron chi connectivity index (χ0n) is 13.2. The Bertz CT molecular complexity index is 347. The van der Waals surface area contributed by atoms with Gasteiger partial charge in [-0.1, -0.05) is 32.1 Å². The lowest BCUT2D eigenvalue weighted by atomic mass is 9.88. The molecule has 0 aromatic rings. The van der Waals surface area contributed by atoms with Crippen molar-refractivity contribution >= 4 is 5.91 Å². The van der Waals surface area contributed by atoms with Gasteiger partial charge < -0.3 is 10.0 Å². The molecule has 0 aromatic carbocycles. The number of piperazine rings is 1. The highest BCUT2D eigenvalue weighted by Crippen LogP contribution is 2.27. The van der Waals surface area contributed by atoms with E-state index < -0.39 is 0 Å². The highest BCUT2D eigenvalue weighted by molar-refractivity contribution is 5.79. The zero-order chi connectivity index (χ0) is 14.7. The Morgan fingerprint density at radius 3 is 2.10 bits per heavy atom. The van der Waals surface area contributed by atoms with Crippen LogP contribution in [0.25, 0.3) is 0 Å². The number of hydrogen-bond donors (Lipinski definition) is 1. The van der Waals surface area contributed by atoms with E-state index >= 15 is 0 Å². The minimum absolute atomic E-state index is 0.153. The summed E-state index contributed by atoms with van der Waals surface area (Å²) in [5.74, 6) is 0.698. The molecule has 120 valence electrons. The number of hydrogen-bond acceptors (Lipinski definition) is 3. The minimum atomic E-state index is -0.153. The number of aliphatic hydroxyl groups excluding tert-OH is 1. The smallest absolute Gasteiger partial charge is 0.225 e. The lowest BCUT2D eigenvalue weighted by Crippen LogP contribution is -2.56. The Morgan fingerprint density at radius 2 is 1.43 bits per heavy atom. The molecule has 1 N–H and O–H groups in total. The van der Waals surface area contributed by atoms with E-state index in [-0.39, 0.29) is 6.10 Å². The zero-order valence-corrected chi connectivity index (χ0v) is 13.2. The van der Waals surface area contributed by atoms with E-state index in [1.807, 2.05) is 0 Å². The van der Waals surface area contributed by atoms with Crippen LogP contribution in [0.1, 0.15) is 57.8 Å². The van der Waals surface area contributed by atoms with Gasteiger partial charge >= 0.3 is 0 Å². The van der Waals surface area contributed by atoms with E-state index in [4.69, 9.17) is 0 Å². The van der Waals surface area contributed by atoms with E-state index in [2.05, 4.69) is 9.80 Å². The lowest BCUT2D eigenvalue weighted by Gasteiger charge is -2.43. The van der Waals surface area contributed by atoms with Crippen molar-refractivity contribution in [1.82, 2.24) is 9.80 Å². The summed E-state index contributed by atoms with van der Waals surface area (Å²) in [5, 5.41) is 10.2. The van der Waals surface area contributed by atoms with Crippen LogP contribution in [0.4, 0.5) is 0 Å². The van der Waals surface area contributed by atoms with Crippen molar-refractivity contribution in [1.29, 1.82) is 0 Å². The van der Waals surface area contributed by atoms with Crippen molar-refractivity contribution in [2.75, 3.05) is 26.2 Å². The van der Waals surface area contributed by atoms with Gasteiger partial charge in [0.2, 0.25) is 5.91 Å². The van der Waals surface area contributed by atoms with E-state index in [0.29, 0.717) is 17.9 Å². The average molecular weight is 294 g/mol. The third-order valence-electron chi connectivity index (χ3n) is 5.74. The van der Waals surface area contributed by atoms with Gasteiger partial charge in [0.1, 0.15) is 0 Å². The maximum Gasteiger partial charge on any atom is 0.225 e. The number of carbonyl (C=O) groups excluding carboxylic acids is 1. The number of rotatable bonds is 2. The molecule has 0 aromatic heterocycles. The molecule has 2 aliphatic carbocycles. The quantitative estimate of drug-likeness (QED) is 0.847. The molecule has 2 unspecified atom stereocenters. The van der Waals surface area contributed by atoms with Gasteiger partial charge in [0, 0.05) is 38.1 Å². The Hall–Kier alpha value is -0.610. The second kappa shape index (κ2) is 7.10. The predicted octanol–water partition coefficient (Wildman–Crippen LogP) is 2.01. The van der Waals surface area contributed by atoms with Crippen LogP contribution in [0.2, 0.25) is 0 Å². The Balaban J connectivity index is 1.49. The van der Waals surface area contributed by atoms with Crippen LogP contribution in [-0.4, -0.2) is 59.1 Å². The number of nitrogens with zero attached hydrogens (tertiary/aromatic N) is 2. The van der Waals surface area contributed by atoms with Gasteiger partial charge in [-0.3, -0.25) is 9.69 Å². The van der Waals surface area contributed by atoms with E-state index in [9.17, 15) is 9.90 Å². The van der Waals surface area contributed by atoms with Gasteiger partial charge in [0.25, 0.3) is 0 Å². The molecule has 21 heavy (non-hydrogen) atoms. The summed E-state index contributed by atoms with van der Waals surface area (Å²) in [7, 11) is 0. The number of carbonyl (C=O) groups is 1. The second-order valence-electron chi connectivity index (χ2n) is 7.12. The van der Waals surface area contributed by atoms with Gasteiger partial charge in [0.05, 0.1) is 6.10 Å². The molecule has 1 aliphatic heterocycles. The third-order valence-corrected chi connectivity index (χ3v) is 5.74. The van der Waals surface area contributed by atoms with Crippen LogP contribution in [0, 0.1) is 5.92 Å². The van der Waals surface area contributed by atoms with Gasteiger partial charge in [-0.05, 0) is 25.7 Å². The molecule has 0 radical (unpaired) electrons. The van der Waals surface area contributed by atoms with Gasteiger partial charge in [-0.25, -0.2) is 0 Å². The molecular weight excluding hydrogens is 264 g/mol. The summed E-state index contributed by atoms with van der Waals surface area (Å²) in [6.45, 7) is 3.61. The minimum Gasteiger partial charge on any atom is -0.391 e. The third kappa shape index (κ3) is 3.59. The normalized spacial score (nSPS) is 33.1. The summed E-state index contributed by atoms with van der Waals surface area (Å²) in [4.78, 5) is 17.1. The molecule has 3 fully saturated rings. The number of aliphatic hydroxyl groups is 1. The van der Waals surface area contributed by atoms with Crippen LogP contribution in [0.15, 0.2) is 0 Å². The SMILES string of the molecule is O=C(C1CCCCC1)N1CCN(C2CCCCC2O)CC1. The first-order valence-corrected chi connectivity index (χ1v) is 8.96. The first-order valence-electron chi connectivity index (χ1n) is 8.96. The molecule has 1 saturated heterocycles. The first kappa shape index (κ1) is 15.3. The van der Waals surface area contributed by atoms with Crippen LogP contribution >= 0.6 is 0 Å². The van der Waals surface area contributed by atoms with Crippen LogP contribution in [0.3, 0.4) is 0 Å². The molecule has 1 heterocycles. The Kier molecular flexibility index (Phi) is 5.17. The molecule has 3 rings (SSSR count). The Morgan fingerprint density at radius 1 is 0.810 bits per heavy atom. The lowest BCUT2D eigenvalue weighted by molar-refractivity contribution is -0.139. The van der Waals surface area contributed by atoms with Crippen LogP contribution in [0.5, 0.6) is 0 Å². The average Bonchev–Trinajstić information content (AvgIpc) is 2.56. The topological polar surface area (TPSA) is 43.8 Å². The molecular formula is C17H30N2O2. The molecule has 1 amide bonds. The van der Waals surface area contributed by atoms with Crippen molar-refractivity contribution in [3.63, 3.8) is 0 Å². The van der Waals surface area contributed by atoms with Crippen molar-refractivity contribution in [2.24, 2.45) is 5.92 Å². The van der Waals surface area contributed by atoms with Crippen molar-refractivity contribution < 1.29 is 9.90 Å². The van der Waals surface area contributed by atoms with E-state index in [1.165, 1.54) is 25.7 Å².